The summed E-state index contributed by atoms with van der Waals surface area (Å²) in [5.74, 6) is 0.112. The van der Waals surface area contributed by atoms with E-state index >= 15 is 0 Å². The summed E-state index contributed by atoms with van der Waals surface area (Å²) < 4.78 is 1.02. The second-order valence-electron chi connectivity index (χ2n) is 4.30. The third-order valence-corrected chi connectivity index (χ3v) is 3.21. The van der Waals surface area contributed by atoms with Crippen LogP contribution in [0.1, 0.15) is 6.42 Å². The average Bonchev–Trinajstić information content (AvgIpc) is 2.61. The normalized spacial score (nSPS) is 17.9. The Balaban J connectivity index is 2.20. The van der Waals surface area contributed by atoms with Gasteiger partial charge in [0, 0.05) is 42.6 Å². The molecule has 90 valence electrons. The Morgan fingerprint density at radius 2 is 1.94 bits per heavy atom. The Labute approximate surface area is 110 Å². The topological polar surface area (TPSA) is 23.6 Å². The molecule has 1 aromatic carbocycles. The molecular formula is C13H15BrN2O. The number of hydrogen-bond acceptors (Lipinski definition) is 2. The summed E-state index contributed by atoms with van der Waals surface area (Å²) in [5, 5.41) is 0. The van der Waals surface area contributed by atoms with Crippen LogP contribution in [0.5, 0.6) is 0 Å². The van der Waals surface area contributed by atoms with Crippen LogP contribution in [0.2, 0.25) is 0 Å². The molecule has 1 saturated heterocycles. The van der Waals surface area contributed by atoms with Gasteiger partial charge in [0.25, 0.3) is 5.91 Å². The predicted octanol–water partition coefficient (Wildman–Crippen LogP) is 2.63. The highest BCUT2D eigenvalue weighted by Gasteiger charge is 2.27. The molecular weight excluding hydrogens is 280 g/mol. The molecule has 3 nitrogen and oxygen atoms in total. The average molecular weight is 295 g/mol. The highest BCUT2D eigenvalue weighted by molar-refractivity contribution is 9.10. The van der Waals surface area contributed by atoms with Crippen LogP contribution in [0.25, 0.3) is 0 Å². The van der Waals surface area contributed by atoms with Crippen molar-refractivity contribution >= 4 is 27.5 Å². The lowest BCUT2D eigenvalue weighted by atomic mass is 10.2. The first-order chi connectivity index (χ1) is 8.08. The Kier molecular flexibility index (Phi) is 3.52. The van der Waals surface area contributed by atoms with Gasteiger partial charge < -0.3 is 9.80 Å². The van der Waals surface area contributed by atoms with Crippen LogP contribution in [0.15, 0.2) is 40.5 Å². The van der Waals surface area contributed by atoms with Crippen molar-refractivity contribution < 1.29 is 4.79 Å². The van der Waals surface area contributed by atoms with Crippen LogP contribution < -0.4 is 4.90 Å². The van der Waals surface area contributed by atoms with Crippen molar-refractivity contribution in [2.45, 2.75) is 6.42 Å². The molecule has 0 N–H and O–H groups in total. The first kappa shape index (κ1) is 12.2. The Morgan fingerprint density at radius 3 is 2.53 bits per heavy atom. The van der Waals surface area contributed by atoms with Gasteiger partial charge in [-0.25, -0.2) is 0 Å². The number of nitrogens with zero attached hydrogens (tertiary/aromatic N) is 2. The predicted molar refractivity (Wildman–Crippen MR) is 72.9 cm³/mol. The van der Waals surface area contributed by atoms with Crippen molar-refractivity contribution in [2.24, 2.45) is 0 Å². The number of halogens is 1. The highest BCUT2D eigenvalue weighted by Crippen LogP contribution is 2.26. The van der Waals surface area contributed by atoms with Crippen molar-refractivity contribution in [3.8, 4) is 0 Å². The van der Waals surface area contributed by atoms with Gasteiger partial charge in [0.05, 0.1) is 0 Å². The number of benzene rings is 1. The summed E-state index contributed by atoms with van der Waals surface area (Å²) >= 11 is 3.39. The summed E-state index contributed by atoms with van der Waals surface area (Å²) in [6.45, 7) is 0.764. The zero-order chi connectivity index (χ0) is 12.4. The lowest BCUT2D eigenvalue weighted by Crippen LogP contribution is -2.24. The van der Waals surface area contributed by atoms with E-state index in [1.54, 1.807) is 0 Å². The second kappa shape index (κ2) is 4.92. The van der Waals surface area contributed by atoms with Gasteiger partial charge in [0.15, 0.2) is 0 Å². The molecule has 0 bridgehead atoms. The van der Waals surface area contributed by atoms with E-state index < -0.39 is 0 Å². The molecule has 0 atom stereocenters. The molecule has 1 fully saturated rings. The van der Waals surface area contributed by atoms with Crippen molar-refractivity contribution in [3.05, 3.63) is 40.5 Å². The minimum atomic E-state index is 0.112. The van der Waals surface area contributed by atoms with Crippen molar-refractivity contribution in [3.63, 3.8) is 0 Å². The number of hydrogen-bond donors (Lipinski definition) is 0. The minimum absolute atomic E-state index is 0.112. The van der Waals surface area contributed by atoms with Gasteiger partial charge in [-0.2, -0.15) is 0 Å². The lowest BCUT2D eigenvalue weighted by Gasteiger charge is -2.15. The van der Waals surface area contributed by atoms with Crippen LogP contribution in [0, 0.1) is 0 Å². The SMILES string of the molecule is CN(C)/C=C1\CCN(c2ccc(Br)cc2)C1=O. The molecule has 0 spiro atoms. The van der Waals surface area contributed by atoms with Gasteiger partial charge in [0.2, 0.25) is 0 Å². The summed E-state index contributed by atoms with van der Waals surface area (Å²) in [4.78, 5) is 15.9. The lowest BCUT2D eigenvalue weighted by molar-refractivity contribution is -0.114. The molecule has 0 saturated carbocycles. The Hall–Kier alpha value is -1.29. The molecule has 4 heteroatoms. The van der Waals surface area contributed by atoms with E-state index in [2.05, 4.69) is 15.9 Å². The molecule has 0 radical (unpaired) electrons. The number of carbonyl (C=O) groups is 1. The fourth-order valence-electron chi connectivity index (χ4n) is 1.91. The van der Waals surface area contributed by atoms with Crippen LogP contribution >= 0.6 is 15.9 Å². The molecule has 0 aromatic heterocycles. The van der Waals surface area contributed by atoms with Crippen molar-refractivity contribution in [2.75, 3.05) is 25.5 Å². The monoisotopic (exact) mass is 294 g/mol. The third kappa shape index (κ3) is 2.69. The van der Waals surface area contributed by atoms with E-state index in [-0.39, 0.29) is 5.91 Å². The molecule has 1 aromatic rings. The van der Waals surface area contributed by atoms with Crippen LogP contribution in [-0.2, 0) is 4.79 Å². The summed E-state index contributed by atoms with van der Waals surface area (Å²) in [7, 11) is 3.87. The van der Waals surface area contributed by atoms with E-state index in [0.717, 1.165) is 28.7 Å². The first-order valence-corrected chi connectivity index (χ1v) is 6.32. The van der Waals surface area contributed by atoms with Gasteiger partial charge in [-0.3, -0.25) is 4.79 Å². The fraction of sp³-hybridized carbons (Fsp3) is 0.308. The van der Waals surface area contributed by atoms with Gasteiger partial charge in [-0.15, -0.1) is 0 Å². The molecule has 2 rings (SSSR count). The maximum absolute atomic E-state index is 12.1. The maximum Gasteiger partial charge on any atom is 0.255 e. The van der Waals surface area contributed by atoms with E-state index in [1.807, 2.05) is 54.4 Å². The number of carbonyl (C=O) groups excluding carboxylic acids is 1. The summed E-state index contributed by atoms with van der Waals surface area (Å²) in [6, 6.07) is 7.83. The van der Waals surface area contributed by atoms with E-state index in [0.29, 0.717) is 0 Å². The Morgan fingerprint density at radius 1 is 1.29 bits per heavy atom. The largest absolute Gasteiger partial charge is 0.383 e. The number of rotatable bonds is 2. The zero-order valence-electron chi connectivity index (χ0n) is 9.98. The Bertz CT molecular complexity index is 451. The highest BCUT2D eigenvalue weighted by atomic mass is 79.9. The quantitative estimate of drug-likeness (QED) is 0.783. The molecule has 0 unspecified atom stereocenters. The minimum Gasteiger partial charge on any atom is -0.383 e. The van der Waals surface area contributed by atoms with Crippen LogP contribution in [0.4, 0.5) is 5.69 Å². The standard InChI is InChI=1S/C13H15BrN2O/c1-15(2)9-10-7-8-16(13(10)17)12-5-3-11(14)4-6-12/h3-6,9H,7-8H2,1-2H3/b10-9+. The maximum atomic E-state index is 12.1. The molecule has 1 heterocycles. The molecule has 17 heavy (non-hydrogen) atoms. The molecule has 0 aliphatic carbocycles. The number of anilines is 1. The van der Waals surface area contributed by atoms with Crippen LogP contribution in [0.3, 0.4) is 0 Å². The smallest absolute Gasteiger partial charge is 0.255 e. The summed E-state index contributed by atoms with van der Waals surface area (Å²) in [6.07, 6.45) is 2.72. The number of amides is 1. The van der Waals surface area contributed by atoms with Crippen molar-refractivity contribution in [1.29, 1.82) is 0 Å². The van der Waals surface area contributed by atoms with Gasteiger partial charge in [-0.05, 0) is 30.7 Å². The van der Waals surface area contributed by atoms with Crippen molar-refractivity contribution in [1.82, 2.24) is 4.90 Å². The van der Waals surface area contributed by atoms with E-state index in [4.69, 9.17) is 0 Å². The fourth-order valence-corrected chi connectivity index (χ4v) is 2.18. The molecule has 1 aliphatic heterocycles. The first-order valence-electron chi connectivity index (χ1n) is 5.52. The van der Waals surface area contributed by atoms with Gasteiger partial charge in [-0.1, -0.05) is 15.9 Å². The summed E-state index contributed by atoms with van der Waals surface area (Å²) in [5.41, 5.74) is 1.83. The third-order valence-electron chi connectivity index (χ3n) is 2.68. The van der Waals surface area contributed by atoms with Crippen LogP contribution in [-0.4, -0.2) is 31.4 Å². The van der Waals surface area contributed by atoms with E-state index in [1.165, 1.54) is 0 Å². The molecule has 1 amide bonds. The second-order valence-corrected chi connectivity index (χ2v) is 5.22. The molecule has 1 aliphatic rings. The van der Waals surface area contributed by atoms with Gasteiger partial charge >= 0.3 is 0 Å². The van der Waals surface area contributed by atoms with Gasteiger partial charge in [0.1, 0.15) is 0 Å². The van der Waals surface area contributed by atoms with E-state index in [9.17, 15) is 4.79 Å². The zero-order valence-corrected chi connectivity index (χ0v) is 11.6.